The Morgan fingerprint density at radius 1 is 1.27 bits per heavy atom. The van der Waals surface area contributed by atoms with Gasteiger partial charge in [-0.05, 0) is 24.3 Å². The second kappa shape index (κ2) is 5.32. The Balaban J connectivity index is 2.42. The van der Waals surface area contributed by atoms with Crippen LogP contribution in [0.1, 0.15) is 5.56 Å². The summed E-state index contributed by atoms with van der Waals surface area (Å²) in [4.78, 5) is 6.28. The molecule has 0 amide bonds. The predicted octanol–water partition coefficient (Wildman–Crippen LogP) is 3.76. The molecule has 22 heavy (non-hydrogen) atoms. The summed E-state index contributed by atoms with van der Waals surface area (Å²) in [6.45, 7) is 0. The summed E-state index contributed by atoms with van der Waals surface area (Å²) in [5.74, 6) is 0.205. The van der Waals surface area contributed by atoms with E-state index in [-0.39, 0.29) is 5.82 Å². The number of benzene rings is 2. The van der Waals surface area contributed by atoms with Crippen molar-refractivity contribution in [2.45, 2.75) is 0 Å². The molecule has 0 radical (unpaired) electrons. The first-order chi connectivity index (χ1) is 10.5. The van der Waals surface area contributed by atoms with E-state index in [0.717, 1.165) is 0 Å². The minimum atomic E-state index is -0.356. The molecule has 0 bridgehead atoms. The predicted molar refractivity (Wildman–Crippen MR) is 85.1 cm³/mol. The van der Waals surface area contributed by atoms with Crippen LogP contribution in [0.2, 0.25) is 5.02 Å². The molecule has 110 valence electrons. The van der Waals surface area contributed by atoms with Gasteiger partial charge in [-0.15, -0.1) is 0 Å². The van der Waals surface area contributed by atoms with Crippen LogP contribution in [-0.4, -0.2) is 23.6 Å². The summed E-state index contributed by atoms with van der Waals surface area (Å²) < 4.78 is 15.9. The van der Waals surface area contributed by atoms with Crippen molar-refractivity contribution in [3.8, 4) is 11.8 Å². The lowest BCUT2D eigenvalue weighted by atomic mass is 10.2. The van der Waals surface area contributed by atoms with Crippen LogP contribution in [0.25, 0.3) is 16.7 Å². The van der Waals surface area contributed by atoms with Gasteiger partial charge < -0.3 is 4.90 Å². The van der Waals surface area contributed by atoms with Gasteiger partial charge in [0.1, 0.15) is 11.9 Å². The van der Waals surface area contributed by atoms with Crippen LogP contribution in [0.3, 0.4) is 0 Å². The van der Waals surface area contributed by atoms with Crippen LogP contribution in [0, 0.1) is 17.1 Å². The first-order valence-corrected chi connectivity index (χ1v) is 6.95. The zero-order valence-electron chi connectivity index (χ0n) is 12.0. The monoisotopic (exact) mass is 314 g/mol. The Kier molecular flexibility index (Phi) is 3.47. The molecule has 0 aliphatic carbocycles. The van der Waals surface area contributed by atoms with Crippen LogP contribution >= 0.6 is 11.6 Å². The number of nitrogens with zero attached hydrogens (tertiary/aromatic N) is 4. The van der Waals surface area contributed by atoms with Crippen molar-refractivity contribution in [3.63, 3.8) is 0 Å². The molecule has 0 atom stereocenters. The van der Waals surface area contributed by atoms with E-state index < -0.39 is 0 Å². The number of hydrogen-bond donors (Lipinski definition) is 0. The third-order valence-electron chi connectivity index (χ3n) is 3.34. The molecule has 0 fully saturated rings. The van der Waals surface area contributed by atoms with Crippen molar-refractivity contribution in [3.05, 3.63) is 52.8 Å². The third-order valence-corrected chi connectivity index (χ3v) is 3.65. The summed E-state index contributed by atoms with van der Waals surface area (Å²) in [6, 6.07) is 11.7. The molecule has 3 aromatic rings. The number of rotatable bonds is 2. The van der Waals surface area contributed by atoms with E-state index in [9.17, 15) is 4.39 Å². The van der Waals surface area contributed by atoms with Gasteiger partial charge in [0.25, 0.3) is 0 Å². The zero-order valence-corrected chi connectivity index (χ0v) is 12.8. The van der Waals surface area contributed by atoms with Crippen LogP contribution in [0.4, 0.5) is 10.3 Å². The zero-order chi connectivity index (χ0) is 15.9. The molecule has 1 heterocycles. The fraction of sp³-hybridized carbons (Fsp3) is 0.125. The molecule has 6 heteroatoms. The van der Waals surface area contributed by atoms with Gasteiger partial charge in [-0.3, -0.25) is 4.57 Å². The maximum atomic E-state index is 14.2. The summed E-state index contributed by atoms with van der Waals surface area (Å²) >= 11 is 6.12. The van der Waals surface area contributed by atoms with E-state index in [0.29, 0.717) is 33.3 Å². The van der Waals surface area contributed by atoms with E-state index in [1.165, 1.54) is 6.07 Å². The van der Waals surface area contributed by atoms with Crippen molar-refractivity contribution >= 4 is 28.6 Å². The lowest BCUT2D eigenvalue weighted by molar-refractivity contribution is 0.619. The standard InChI is InChI=1S/C16H12ClFN4/c1-21(2)16-20-13-7-10(9-19)11(17)8-15(13)22(16)14-6-4-3-5-12(14)18/h3-8H,1-2H3. The van der Waals surface area contributed by atoms with Gasteiger partial charge in [0.2, 0.25) is 5.95 Å². The summed E-state index contributed by atoms with van der Waals surface area (Å²) in [7, 11) is 3.65. The molecule has 0 aliphatic heterocycles. The molecule has 0 unspecified atom stereocenters. The highest BCUT2D eigenvalue weighted by Gasteiger charge is 2.18. The van der Waals surface area contributed by atoms with Gasteiger partial charge in [0.15, 0.2) is 0 Å². The van der Waals surface area contributed by atoms with Crippen molar-refractivity contribution in [2.24, 2.45) is 0 Å². The molecule has 0 aliphatic rings. The van der Waals surface area contributed by atoms with Gasteiger partial charge in [-0.2, -0.15) is 5.26 Å². The first-order valence-electron chi connectivity index (χ1n) is 6.57. The van der Waals surface area contributed by atoms with Gasteiger partial charge >= 0.3 is 0 Å². The Labute approximate surface area is 132 Å². The number of imidazole rings is 1. The van der Waals surface area contributed by atoms with Gasteiger partial charge in [-0.25, -0.2) is 9.37 Å². The molecule has 3 rings (SSSR count). The molecule has 0 spiro atoms. The first kappa shape index (κ1) is 14.4. The van der Waals surface area contributed by atoms with E-state index in [2.05, 4.69) is 4.98 Å². The van der Waals surface area contributed by atoms with E-state index in [4.69, 9.17) is 16.9 Å². The Hall–Kier alpha value is -2.58. The highest BCUT2D eigenvalue weighted by atomic mass is 35.5. The van der Waals surface area contributed by atoms with Crippen molar-refractivity contribution in [2.75, 3.05) is 19.0 Å². The molecular weight excluding hydrogens is 303 g/mol. The number of aromatic nitrogens is 2. The third kappa shape index (κ3) is 2.18. The highest BCUT2D eigenvalue weighted by Crippen LogP contribution is 2.31. The minimum absolute atomic E-state index is 0.317. The summed E-state index contributed by atoms with van der Waals surface area (Å²) in [5.41, 5.74) is 1.97. The van der Waals surface area contributed by atoms with E-state index in [1.807, 2.05) is 20.2 Å². The summed E-state index contributed by atoms with van der Waals surface area (Å²) in [5, 5.41) is 9.40. The van der Waals surface area contributed by atoms with Crippen molar-refractivity contribution in [1.29, 1.82) is 5.26 Å². The minimum Gasteiger partial charge on any atom is -0.348 e. The quantitative estimate of drug-likeness (QED) is 0.723. The van der Waals surface area contributed by atoms with Crippen LogP contribution in [0.15, 0.2) is 36.4 Å². The van der Waals surface area contributed by atoms with Gasteiger partial charge in [0, 0.05) is 14.1 Å². The number of halogens is 2. The van der Waals surface area contributed by atoms with E-state index in [1.54, 1.807) is 39.8 Å². The van der Waals surface area contributed by atoms with Crippen LogP contribution in [0.5, 0.6) is 0 Å². The molecule has 0 N–H and O–H groups in total. The fourth-order valence-electron chi connectivity index (χ4n) is 2.34. The van der Waals surface area contributed by atoms with Crippen LogP contribution < -0.4 is 4.90 Å². The highest BCUT2D eigenvalue weighted by molar-refractivity contribution is 6.32. The topological polar surface area (TPSA) is 44.9 Å². The molecule has 1 aromatic heterocycles. The average Bonchev–Trinajstić information content (AvgIpc) is 2.85. The number of fused-ring (bicyclic) bond motifs is 1. The molecule has 2 aromatic carbocycles. The maximum absolute atomic E-state index is 14.2. The van der Waals surface area contributed by atoms with Crippen molar-refractivity contribution in [1.82, 2.24) is 9.55 Å². The lowest BCUT2D eigenvalue weighted by Crippen LogP contribution is -2.15. The van der Waals surface area contributed by atoms with Crippen molar-refractivity contribution < 1.29 is 4.39 Å². The molecule has 0 saturated heterocycles. The smallest absolute Gasteiger partial charge is 0.210 e. The molecule has 0 saturated carbocycles. The lowest BCUT2D eigenvalue weighted by Gasteiger charge is -2.15. The normalized spacial score (nSPS) is 10.7. The number of anilines is 1. The van der Waals surface area contributed by atoms with E-state index >= 15 is 0 Å². The second-order valence-electron chi connectivity index (χ2n) is 5.03. The SMILES string of the molecule is CN(C)c1nc2cc(C#N)c(Cl)cc2n1-c1ccccc1F. The Bertz CT molecular complexity index is 908. The second-order valence-corrected chi connectivity index (χ2v) is 5.43. The van der Waals surface area contributed by atoms with Gasteiger partial charge in [-0.1, -0.05) is 23.7 Å². The molecular formula is C16H12ClFN4. The summed E-state index contributed by atoms with van der Waals surface area (Å²) in [6.07, 6.45) is 0. The Morgan fingerprint density at radius 2 is 2.00 bits per heavy atom. The number of nitriles is 1. The average molecular weight is 315 g/mol. The number of hydrogen-bond acceptors (Lipinski definition) is 3. The van der Waals surface area contributed by atoms with Crippen LogP contribution in [-0.2, 0) is 0 Å². The van der Waals surface area contributed by atoms with Gasteiger partial charge in [0.05, 0.1) is 27.3 Å². The molecule has 4 nitrogen and oxygen atoms in total. The Morgan fingerprint density at radius 3 is 2.64 bits per heavy atom. The maximum Gasteiger partial charge on any atom is 0.210 e. The fourth-order valence-corrected chi connectivity index (χ4v) is 2.54. The number of para-hydroxylation sites is 1. The largest absolute Gasteiger partial charge is 0.348 e.